The van der Waals surface area contributed by atoms with Crippen molar-refractivity contribution in [1.82, 2.24) is 9.78 Å². The number of anilines is 1. The third kappa shape index (κ3) is 4.21. The molecular formula is C13H12Cl2FN3O3S. The zero-order valence-electron chi connectivity index (χ0n) is 12.1. The third-order valence-electron chi connectivity index (χ3n) is 2.78. The SMILES string of the molecule is Cc1ccc(NC(=O)c2nn(CS(C)(=O)=O)c(Cl)c2F)c(Cl)c1. The maximum atomic E-state index is 14.0. The van der Waals surface area contributed by atoms with Crippen LogP contribution in [0.1, 0.15) is 16.1 Å². The number of benzene rings is 1. The van der Waals surface area contributed by atoms with Crippen LogP contribution in [0.4, 0.5) is 10.1 Å². The number of halogens is 3. The number of sulfone groups is 1. The Hall–Kier alpha value is -1.64. The highest BCUT2D eigenvalue weighted by atomic mass is 35.5. The number of nitrogens with one attached hydrogen (secondary N) is 1. The Bertz CT molecular complexity index is 881. The van der Waals surface area contributed by atoms with Gasteiger partial charge in [0.2, 0.25) is 0 Å². The monoisotopic (exact) mass is 379 g/mol. The standard InChI is InChI=1S/C13H12Cl2FN3O3S/c1-7-3-4-9(8(14)5-7)17-13(20)11-10(16)12(15)19(18-11)6-23(2,21)22/h3-5H,6H2,1-2H3,(H,17,20). The summed E-state index contributed by atoms with van der Waals surface area (Å²) in [5.41, 5.74) is 0.547. The van der Waals surface area contributed by atoms with E-state index in [0.717, 1.165) is 11.8 Å². The first kappa shape index (κ1) is 17.7. The second kappa shape index (κ2) is 6.46. The Morgan fingerprint density at radius 2 is 2.04 bits per heavy atom. The van der Waals surface area contributed by atoms with Crippen LogP contribution in [-0.4, -0.2) is 30.4 Å². The molecule has 1 aromatic carbocycles. The van der Waals surface area contributed by atoms with Crippen LogP contribution in [0, 0.1) is 12.7 Å². The molecule has 0 radical (unpaired) electrons. The van der Waals surface area contributed by atoms with Crippen LogP contribution in [0.5, 0.6) is 0 Å². The molecule has 1 aromatic heterocycles. The van der Waals surface area contributed by atoms with Crippen LogP contribution in [0.3, 0.4) is 0 Å². The molecule has 0 saturated carbocycles. The highest BCUT2D eigenvalue weighted by Crippen LogP contribution is 2.25. The molecule has 124 valence electrons. The Kier molecular flexibility index (Phi) is 4.98. The van der Waals surface area contributed by atoms with Gasteiger partial charge in [0.05, 0.1) is 10.7 Å². The van der Waals surface area contributed by atoms with Gasteiger partial charge < -0.3 is 5.32 Å². The zero-order valence-corrected chi connectivity index (χ0v) is 14.4. The van der Waals surface area contributed by atoms with Crippen LogP contribution in [0.15, 0.2) is 18.2 Å². The molecule has 0 unspecified atom stereocenters. The number of aryl methyl sites for hydroxylation is 1. The molecule has 10 heteroatoms. The lowest BCUT2D eigenvalue weighted by atomic mass is 10.2. The average Bonchev–Trinajstić information content (AvgIpc) is 2.68. The van der Waals surface area contributed by atoms with Gasteiger partial charge in [-0.05, 0) is 24.6 Å². The van der Waals surface area contributed by atoms with Crippen molar-refractivity contribution in [1.29, 1.82) is 0 Å². The van der Waals surface area contributed by atoms with Gasteiger partial charge >= 0.3 is 0 Å². The van der Waals surface area contributed by atoms with E-state index in [1.54, 1.807) is 18.2 Å². The fraction of sp³-hybridized carbons (Fsp3) is 0.231. The number of carbonyl (C=O) groups excluding carboxylic acids is 1. The van der Waals surface area contributed by atoms with Crippen molar-refractivity contribution in [2.24, 2.45) is 0 Å². The Morgan fingerprint density at radius 1 is 1.39 bits per heavy atom. The van der Waals surface area contributed by atoms with Crippen molar-refractivity contribution in [2.75, 3.05) is 11.6 Å². The summed E-state index contributed by atoms with van der Waals surface area (Å²) in [5, 5.41) is 5.74. The van der Waals surface area contributed by atoms with Crippen molar-refractivity contribution < 1.29 is 17.6 Å². The molecule has 23 heavy (non-hydrogen) atoms. The first-order valence-corrected chi connectivity index (χ1v) is 9.07. The number of nitrogens with zero attached hydrogens (tertiary/aromatic N) is 2. The number of hydrogen-bond acceptors (Lipinski definition) is 4. The van der Waals surface area contributed by atoms with Gasteiger partial charge in [0, 0.05) is 6.26 Å². The number of rotatable bonds is 4. The summed E-state index contributed by atoms with van der Waals surface area (Å²) in [6.07, 6.45) is 0.939. The van der Waals surface area contributed by atoms with E-state index in [9.17, 15) is 17.6 Å². The van der Waals surface area contributed by atoms with Crippen molar-refractivity contribution >= 4 is 44.6 Å². The van der Waals surface area contributed by atoms with Crippen molar-refractivity contribution in [2.45, 2.75) is 12.8 Å². The van der Waals surface area contributed by atoms with Crippen molar-refractivity contribution in [3.63, 3.8) is 0 Å². The Morgan fingerprint density at radius 3 is 2.61 bits per heavy atom. The minimum Gasteiger partial charge on any atom is -0.319 e. The molecule has 0 aliphatic rings. The summed E-state index contributed by atoms with van der Waals surface area (Å²) < 4.78 is 37.2. The van der Waals surface area contributed by atoms with E-state index in [0.29, 0.717) is 4.68 Å². The number of aromatic nitrogens is 2. The molecule has 0 atom stereocenters. The average molecular weight is 380 g/mol. The first-order valence-electron chi connectivity index (χ1n) is 6.25. The van der Waals surface area contributed by atoms with Gasteiger partial charge in [0.15, 0.2) is 26.5 Å². The van der Waals surface area contributed by atoms with E-state index >= 15 is 0 Å². The van der Waals surface area contributed by atoms with E-state index in [1.165, 1.54) is 0 Å². The second-order valence-corrected chi connectivity index (χ2v) is 7.82. The van der Waals surface area contributed by atoms with Gasteiger partial charge in [-0.2, -0.15) is 5.10 Å². The summed E-state index contributed by atoms with van der Waals surface area (Å²) in [6.45, 7) is 1.82. The Labute approximate surface area is 142 Å². The predicted octanol–water partition coefficient (Wildman–Crippen LogP) is 2.89. The van der Waals surface area contributed by atoms with Crippen LogP contribution < -0.4 is 5.32 Å². The van der Waals surface area contributed by atoms with Gasteiger partial charge in [0.1, 0.15) is 5.88 Å². The summed E-state index contributed by atoms with van der Waals surface area (Å²) in [6, 6.07) is 4.90. The number of hydrogen-bond donors (Lipinski definition) is 1. The first-order chi connectivity index (χ1) is 10.6. The lowest BCUT2D eigenvalue weighted by molar-refractivity contribution is 0.101. The maximum absolute atomic E-state index is 14.0. The second-order valence-electron chi connectivity index (χ2n) is 4.95. The van der Waals surface area contributed by atoms with Crippen LogP contribution in [-0.2, 0) is 15.7 Å². The minimum absolute atomic E-state index is 0.274. The molecule has 1 heterocycles. The largest absolute Gasteiger partial charge is 0.319 e. The highest BCUT2D eigenvalue weighted by Gasteiger charge is 2.24. The van der Waals surface area contributed by atoms with Gasteiger partial charge in [-0.1, -0.05) is 29.3 Å². The Balaban J connectivity index is 2.31. The molecule has 1 amide bonds. The summed E-state index contributed by atoms with van der Waals surface area (Å²) in [7, 11) is -3.50. The summed E-state index contributed by atoms with van der Waals surface area (Å²) >= 11 is 11.7. The van der Waals surface area contributed by atoms with Crippen LogP contribution in [0.2, 0.25) is 10.2 Å². The maximum Gasteiger partial charge on any atom is 0.279 e. The molecule has 2 rings (SSSR count). The number of amides is 1. The lowest BCUT2D eigenvalue weighted by Gasteiger charge is -2.06. The molecule has 0 spiro atoms. The normalized spacial score (nSPS) is 11.5. The van der Waals surface area contributed by atoms with Gasteiger partial charge in [0.25, 0.3) is 5.91 Å². The third-order valence-corrected chi connectivity index (χ3v) is 4.17. The molecule has 2 aromatic rings. The van der Waals surface area contributed by atoms with E-state index in [1.807, 2.05) is 6.92 Å². The smallest absolute Gasteiger partial charge is 0.279 e. The predicted molar refractivity (Wildman–Crippen MR) is 86.2 cm³/mol. The van der Waals surface area contributed by atoms with Gasteiger partial charge in [-0.3, -0.25) is 4.79 Å². The fourth-order valence-corrected chi connectivity index (χ4v) is 2.95. The van der Waals surface area contributed by atoms with Crippen LogP contribution >= 0.6 is 23.2 Å². The van der Waals surface area contributed by atoms with Crippen LogP contribution in [0.25, 0.3) is 0 Å². The molecule has 0 aliphatic carbocycles. The molecule has 6 nitrogen and oxygen atoms in total. The van der Waals surface area contributed by atoms with E-state index < -0.39 is 38.3 Å². The molecule has 0 fully saturated rings. The topological polar surface area (TPSA) is 81.1 Å². The lowest BCUT2D eigenvalue weighted by Crippen LogP contribution is -2.16. The van der Waals surface area contributed by atoms with E-state index in [4.69, 9.17) is 23.2 Å². The van der Waals surface area contributed by atoms with E-state index in [-0.39, 0.29) is 10.7 Å². The zero-order chi connectivity index (χ0) is 17.4. The molecule has 0 aliphatic heterocycles. The van der Waals surface area contributed by atoms with Gasteiger partial charge in [-0.25, -0.2) is 17.5 Å². The molecule has 1 N–H and O–H groups in total. The minimum atomic E-state index is -3.50. The molecule has 0 saturated heterocycles. The van der Waals surface area contributed by atoms with Crippen molar-refractivity contribution in [3.05, 3.63) is 45.4 Å². The molecular weight excluding hydrogens is 368 g/mol. The number of carbonyl (C=O) groups is 1. The molecule has 0 bridgehead atoms. The van der Waals surface area contributed by atoms with Gasteiger partial charge in [-0.15, -0.1) is 0 Å². The quantitative estimate of drug-likeness (QED) is 0.885. The van der Waals surface area contributed by atoms with Crippen molar-refractivity contribution in [3.8, 4) is 0 Å². The highest BCUT2D eigenvalue weighted by molar-refractivity contribution is 7.89. The summed E-state index contributed by atoms with van der Waals surface area (Å²) in [5.74, 6) is -2.63. The fourth-order valence-electron chi connectivity index (χ4n) is 1.78. The summed E-state index contributed by atoms with van der Waals surface area (Å²) in [4.78, 5) is 12.1. The van der Waals surface area contributed by atoms with E-state index in [2.05, 4.69) is 10.4 Å².